The molecule has 0 radical (unpaired) electrons. The summed E-state index contributed by atoms with van der Waals surface area (Å²) >= 11 is 0. The molecule has 4 aromatic heterocycles. The van der Waals surface area contributed by atoms with E-state index in [4.69, 9.17) is 20.9 Å². The maximum Gasteiger partial charge on any atom is 0.304 e. The highest BCUT2D eigenvalue weighted by Gasteiger charge is 2.55. The summed E-state index contributed by atoms with van der Waals surface area (Å²) in [6.45, 7) is 8.06. The van der Waals surface area contributed by atoms with Gasteiger partial charge in [0.05, 0.1) is 32.2 Å². The van der Waals surface area contributed by atoms with Crippen LogP contribution < -0.4 is 27.2 Å². The average Bonchev–Trinajstić information content (AvgIpc) is 3.59. The molecule has 14 heteroatoms. The number of unbranched alkanes of at least 4 members (excludes halogenated alkanes) is 2. The molecule has 6 N–H and O–H groups in total. The molecule has 4 aromatic rings. The number of hydrogen-bond acceptors (Lipinski definition) is 9. The van der Waals surface area contributed by atoms with Gasteiger partial charge in [0, 0.05) is 12.5 Å². The first-order chi connectivity index (χ1) is 23.6. The van der Waals surface area contributed by atoms with Gasteiger partial charge < -0.3 is 25.5 Å². The zero-order valence-corrected chi connectivity index (χ0v) is 29.4. The van der Waals surface area contributed by atoms with Gasteiger partial charge in [0.2, 0.25) is 24.5 Å². The summed E-state index contributed by atoms with van der Waals surface area (Å²) in [5.41, 5.74) is 13.2. The number of nitrogen functional groups attached to an aromatic ring is 2. The number of ether oxygens (including phenoxy) is 2. The van der Waals surface area contributed by atoms with E-state index in [0.29, 0.717) is 47.3 Å². The number of H-pyrrole nitrogens is 2. The van der Waals surface area contributed by atoms with Crippen LogP contribution in [0.4, 0.5) is 11.9 Å². The Bertz CT molecular complexity index is 1910. The molecule has 2 aliphatic carbocycles. The quantitative estimate of drug-likeness (QED) is 0.120. The number of hydrogen-bond donors (Lipinski definition) is 4. The minimum atomic E-state index is -0.323. The summed E-state index contributed by atoms with van der Waals surface area (Å²) in [5, 5.41) is 0. The van der Waals surface area contributed by atoms with E-state index >= 15 is 0 Å². The topological polar surface area (TPSA) is 189 Å². The zero-order chi connectivity index (χ0) is 34.4. The largest absolute Gasteiger partial charge is 0.376 e. The molecule has 0 aromatic carbocycles. The maximum absolute atomic E-state index is 12.7. The number of fused-ring (bicyclic) bond motifs is 6. The third kappa shape index (κ3) is 6.26. The first kappa shape index (κ1) is 33.7. The van der Waals surface area contributed by atoms with Gasteiger partial charge in [-0.3, -0.25) is 19.6 Å². The maximum atomic E-state index is 12.7. The van der Waals surface area contributed by atoms with Crippen molar-refractivity contribution in [2.75, 3.05) is 18.1 Å². The Morgan fingerprint density at radius 2 is 1.84 bits per heavy atom. The Hall–Kier alpha value is -3.78. The Balaban J connectivity index is 0.958. The Morgan fingerprint density at radius 1 is 1.06 bits per heavy atom. The summed E-state index contributed by atoms with van der Waals surface area (Å²) in [5.74, 6) is 2.47. The third-order valence-electron chi connectivity index (χ3n) is 12.2. The first-order valence-corrected chi connectivity index (χ1v) is 18.3. The summed E-state index contributed by atoms with van der Waals surface area (Å²) in [7, 11) is 1.87. The molecule has 6 heterocycles. The van der Waals surface area contributed by atoms with Crippen LogP contribution in [0.1, 0.15) is 97.6 Å². The molecule has 2 saturated carbocycles. The normalized spacial score (nSPS) is 29.8. The van der Waals surface area contributed by atoms with Crippen LogP contribution in [0.15, 0.2) is 22.2 Å². The van der Waals surface area contributed by atoms with Gasteiger partial charge in [-0.1, -0.05) is 52.9 Å². The molecule has 49 heavy (non-hydrogen) atoms. The molecule has 0 spiro atoms. The second-order valence-electron chi connectivity index (χ2n) is 15.3. The molecular weight excluding hydrogens is 624 g/mol. The van der Waals surface area contributed by atoms with Gasteiger partial charge in [-0.05, 0) is 61.7 Å². The number of nitrogens with zero attached hydrogens (tertiary/aromatic N) is 6. The van der Waals surface area contributed by atoms with Crippen LogP contribution in [0.3, 0.4) is 0 Å². The third-order valence-corrected chi connectivity index (χ3v) is 12.2. The molecular formula is C35H53N10O4+. The molecule has 4 fully saturated rings. The van der Waals surface area contributed by atoms with Crippen molar-refractivity contribution in [3.05, 3.63) is 33.4 Å². The molecule has 5 unspecified atom stereocenters. The molecule has 2 aliphatic heterocycles. The van der Waals surface area contributed by atoms with Gasteiger partial charge in [-0.15, -0.1) is 0 Å². The number of aromatic nitrogens is 8. The van der Waals surface area contributed by atoms with Gasteiger partial charge in [-0.2, -0.15) is 14.5 Å². The standard InChI is InChI=1S/C35H52N10O4/c1-5-6-9-21-16-24(48-15-14-44-18-38-26-28(44)39-33(36)41-30(26)46)23(21)10-7-8-13-35(3)22-12-11-20(2)32(49-25(35)17-22)45-19-43(4)27-29(45)40-34(37)42-31(27)47/h18-25,32H,5-17H2,1-4H3,(H5-,36,37,39,40,41,42,46,47)/p+1/t20-,21-,22-,23?,24?,25?,32?,35?/m1/s1. The minimum absolute atomic E-state index is 0.0916. The fourth-order valence-electron chi connectivity index (χ4n) is 9.12. The van der Waals surface area contributed by atoms with Gasteiger partial charge in [-0.25, -0.2) is 9.55 Å². The highest BCUT2D eigenvalue weighted by atomic mass is 16.5. The van der Waals surface area contributed by atoms with Crippen molar-refractivity contribution in [2.45, 2.75) is 116 Å². The van der Waals surface area contributed by atoms with E-state index in [1.54, 1.807) is 6.33 Å². The fourth-order valence-corrected chi connectivity index (χ4v) is 9.12. The lowest BCUT2D eigenvalue weighted by atomic mass is 9.54. The van der Waals surface area contributed by atoms with Crippen molar-refractivity contribution in [1.82, 2.24) is 34.1 Å². The second kappa shape index (κ2) is 13.5. The summed E-state index contributed by atoms with van der Waals surface area (Å²) in [6.07, 6.45) is 16.7. The Kier molecular flexibility index (Phi) is 9.29. The van der Waals surface area contributed by atoms with Crippen LogP contribution in [0.25, 0.3) is 22.3 Å². The highest BCUT2D eigenvalue weighted by Crippen LogP contribution is 2.57. The highest BCUT2D eigenvalue weighted by molar-refractivity contribution is 5.70. The van der Waals surface area contributed by atoms with Crippen LogP contribution in [0.2, 0.25) is 0 Å². The van der Waals surface area contributed by atoms with E-state index in [-0.39, 0.29) is 52.8 Å². The van der Waals surface area contributed by atoms with Crippen LogP contribution in [0.5, 0.6) is 0 Å². The van der Waals surface area contributed by atoms with Gasteiger partial charge >= 0.3 is 5.56 Å². The molecule has 4 aliphatic rings. The van der Waals surface area contributed by atoms with Crippen LogP contribution >= 0.6 is 0 Å². The summed E-state index contributed by atoms with van der Waals surface area (Å²) in [6, 6.07) is 0. The van der Waals surface area contributed by atoms with E-state index < -0.39 is 0 Å². The molecule has 8 atom stereocenters. The molecule has 2 saturated heterocycles. The monoisotopic (exact) mass is 677 g/mol. The van der Waals surface area contributed by atoms with E-state index in [9.17, 15) is 9.59 Å². The van der Waals surface area contributed by atoms with E-state index in [2.05, 4.69) is 45.7 Å². The van der Waals surface area contributed by atoms with E-state index in [0.717, 1.165) is 31.6 Å². The molecule has 8 rings (SSSR count). The molecule has 2 bridgehead atoms. The van der Waals surface area contributed by atoms with Crippen molar-refractivity contribution >= 4 is 34.2 Å². The van der Waals surface area contributed by atoms with E-state index in [1.165, 1.54) is 44.9 Å². The number of anilines is 2. The molecule has 266 valence electrons. The smallest absolute Gasteiger partial charge is 0.304 e. The van der Waals surface area contributed by atoms with E-state index in [1.807, 2.05) is 27.1 Å². The van der Waals surface area contributed by atoms with Crippen LogP contribution in [0, 0.1) is 29.1 Å². The average molecular weight is 678 g/mol. The lowest BCUT2D eigenvalue weighted by Gasteiger charge is -2.56. The number of rotatable bonds is 13. The lowest BCUT2D eigenvalue weighted by molar-refractivity contribution is -0.646. The SMILES string of the molecule is CCCC[C@@H]1CC(OCCn2cnc3c(=O)[nH]c(N)nc32)C1CCCCC1(C)C2C[C@H]1CC[C@@H](C)C(n1c[n+](C)c3c(=O)[nH]c(N)nc31)O2. The van der Waals surface area contributed by atoms with Crippen LogP contribution in [-0.2, 0) is 23.1 Å². The molecule has 14 nitrogen and oxygen atoms in total. The van der Waals surface area contributed by atoms with Crippen molar-refractivity contribution in [3.8, 4) is 0 Å². The van der Waals surface area contributed by atoms with Gasteiger partial charge in [0.15, 0.2) is 11.2 Å². The number of nitrogens with one attached hydrogen (secondary N) is 2. The predicted molar refractivity (Wildman–Crippen MR) is 186 cm³/mol. The Labute approximate surface area is 286 Å². The second-order valence-corrected chi connectivity index (χ2v) is 15.3. The van der Waals surface area contributed by atoms with Crippen LogP contribution in [-0.4, -0.2) is 52.9 Å². The number of aryl methyl sites for hydroxylation is 1. The predicted octanol–water partition coefficient (Wildman–Crippen LogP) is 3.96. The number of nitrogens with two attached hydrogens (primary N) is 2. The van der Waals surface area contributed by atoms with Crippen molar-refractivity contribution in [1.29, 1.82) is 0 Å². The summed E-state index contributed by atoms with van der Waals surface area (Å²) < 4.78 is 19.1. The minimum Gasteiger partial charge on any atom is -0.376 e. The van der Waals surface area contributed by atoms with Crippen molar-refractivity contribution in [2.24, 2.45) is 36.1 Å². The molecule has 0 amide bonds. The Morgan fingerprint density at radius 3 is 2.63 bits per heavy atom. The zero-order valence-electron chi connectivity index (χ0n) is 29.4. The van der Waals surface area contributed by atoms with Crippen molar-refractivity contribution < 1.29 is 14.0 Å². The first-order valence-electron chi connectivity index (χ1n) is 18.3. The summed E-state index contributed by atoms with van der Waals surface area (Å²) in [4.78, 5) is 43.0. The number of aromatic amines is 2. The number of imidazole rings is 2. The van der Waals surface area contributed by atoms with Crippen molar-refractivity contribution in [3.63, 3.8) is 0 Å². The fraction of sp³-hybridized carbons (Fsp3) is 0.714. The van der Waals surface area contributed by atoms with Gasteiger partial charge in [0.25, 0.3) is 16.7 Å². The lowest BCUT2D eigenvalue weighted by Crippen LogP contribution is -2.55. The van der Waals surface area contributed by atoms with Gasteiger partial charge in [0.1, 0.15) is 0 Å².